The van der Waals surface area contributed by atoms with Crippen LogP contribution in [0.1, 0.15) is 23.1 Å². The summed E-state index contributed by atoms with van der Waals surface area (Å²) in [6.07, 6.45) is 0.368. The first-order valence-corrected chi connectivity index (χ1v) is 7.19. The smallest absolute Gasteiger partial charge is 0.244 e. The van der Waals surface area contributed by atoms with E-state index in [2.05, 4.69) is 25.1 Å². The van der Waals surface area contributed by atoms with Gasteiger partial charge in [0.2, 0.25) is 15.9 Å². The molecule has 19 heavy (non-hydrogen) atoms. The van der Waals surface area contributed by atoms with E-state index in [9.17, 15) is 8.42 Å². The SMILES string of the molecule is Cc1nc(CCNS(=O)(=O)c2c(C)n[nH]c2C)no1. The van der Waals surface area contributed by atoms with E-state index in [1.54, 1.807) is 20.8 Å². The van der Waals surface area contributed by atoms with Crippen LogP contribution in [-0.4, -0.2) is 35.3 Å². The lowest BCUT2D eigenvalue weighted by Crippen LogP contribution is -2.27. The maximum atomic E-state index is 12.1. The number of H-pyrrole nitrogens is 1. The molecule has 0 aromatic carbocycles. The monoisotopic (exact) mass is 285 g/mol. The van der Waals surface area contributed by atoms with E-state index in [1.165, 1.54) is 0 Å². The van der Waals surface area contributed by atoms with Gasteiger partial charge >= 0.3 is 0 Å². The highest BCUT2D eigenvalue weighted by molar-refractivity contribution is 7.89. The quantitative estimate of drug-likeness (QED) is 0.813. The predicted molar refractivity (Wildman–Crippen MR) is 66.0 cm³/mol. The minimum absolute atomic E-state index is 0.191. The number of nitrogens with zero attached hydrogens (tertiary/aromatic N) is 3. The zero-order valence-electron chi connectivity index (χ0n) is 10.9. The second-order valence-corrected chi connectivity index (χ2v) is 5.84. The van der Waals surface area contributed by atoms with Crippen molar-refractivity contribution in [2.24, 2.45) is 0 Å². The van der Waals surface area contributed by atoms with Crippen LogP contribution >= 0.6 is 0 Å². The highest BCUT2D eigenvalue weighted by Crippen LogP contribution is 2.15. The van der Waals surface area contributed by atoms with Gasteiger partial charge in [-0.3, -0.25) is 5.10 Å². The van der Waals surface area contributed by atoms with Gasteiger partial charge in [-0.1, -0.05) is 5.16 Å². The van der Waals surface area contributed by atoms with Crippen LogP contribution in [0.4, 0.5) is 0 Å². The van der Waals surface area contributed by atoms with Gasteiger partial charge in [-0.25, -0.2) is 13.1 Å². The fourth-order valence-electron chi connectivity index (χ4n) is 1.75. The van der Waals surface area contributed by atoms with Crippen molar-refractivity contribution in [2.75, 3.05) is 6.54 Å². The molecule has 0 fully saturated rings. The molecular formula is C10H15N5O3S. The summed E-state index contributed by atoms with van der Waals surface area (Å²) in [5.74, 6) is 0.931. The van der Waals surface area contributed by atoms with Gasteiger partial charge in [0.1, 0.15) is 4.90 Å². The fraction of sp³-hybridized carbons (Fsp3) is 0.500. The van der Waals surface area contributed by atoms with Gasteiger partial charge in [0.05, 0.1) is 11.4 Å². The maximum Gasteiger partial charge on any atom is 0.244 e. The first-order chi connectivity index (χ1) is 8.90. The van der Waals surface area contributed by atoms with Crippen LogP contribution in [0.3, 0.4) is 0 Å². The van der Waals surface area contributed by atoms with E-state index in [1.807, 2.05) is 0 Å². The van der Waals surface area contributed by atoms with Gasteiger partial charge in [-0.15, -0.1) is 0 Å². The first-order valence-electron chi connectivity index (χ1n) is 5.70. The molecule has 9 heteroatoms. The molecule has 2 aromatic heterocycles. The summed E-state index contributed by atoms with van der Waals surface area (Å²) in [5, 5.41) is 10.2. The number of aromatic amines is 1. The van der Waals surface area contributed by atoms with E-state index in [0.717, 1.165) is 0 Å². The van der Waals surface area contributed by atoms with Gasteiger partial charge in [0.25, 0.3) is 0 Å². The van der Waals surface area contributed by atoms with E-state index >= 15 is 0 Å². The van der Waals surface area contributed by atoms with Crippen molar-refractivity contribution >= 4 is 10.0 Å². The molecule has 0 atom stereocenters. The van der Waals surface area contributed by atoms with Gasteiger partial charge in [-0.2, -0.15) is 10.1 Å². The summed E-state index contributed by atoms with van der Waals surface area (Å²) in [6, 6.07) is 0. The minimum atomic E-state index is -3.57. The predicted octanol–water partition coefficient (Wildman–Crippen LogP) is 0.239. The molecule has 104 valence electrons. The molecule has 0 saturated carbocycles. The molecule has 0 spiro atoms. The largest absolute Gasteiger partial charge is 0.340 e. The Morgan fingerprint density at radius 2 is 2.05 bits per heavy atom. The average molecular weight is 285 g/mol. The summed E-state index contributed by atoms with van der Waals surface area (Å²) >= 11 is 0. The van der Waals surface area contributed by atoms with Crippen LogP contribution in [0.2, 0.25) is 0 Å². The van der Waals surface area contributed by atoms with Crippen molar-refractivity contribution in [3.05, 3.63) is 23.1 Å². The third kappa shape index (κ3) is 2.99. The third-order valence-electron chi connectivity index (χ3n) is 2.54. The number of sulfonamides is 1. The summed E-state index contributed by atoms with van der Waals surface area (Å²) in [7, 11) is -3.57. The second kappa shape index (κ2) is 5.10. The summed E-state index contributed by atoms with van der Waals surface area (Å²) in [5.41, 5.74) is 0.959. The average Bonchev–Trinajstić information content (AvgIpc) is 2.86. The lowest BCUT2D eigenvalue weighted by molar-refractivity contribution is 0.387. The fourth-order valence-corrected chi connectivity index (χ4v) is 3.15. The van der Waals surface area contributed by atoms with Crippen LogP contribution in [0, 0.1) is 20.8 Å². The summed E-state index contributed by atoms with van der Waals surface area (Å²) < 4.78 is 31.5. The Hall–Kier alpha value is -1.74. The molecule has 8 nitrogen and oxygen atoms in total. The molecule has 0 amide bonds. The molecule has 0 unspecified atom stereocenters. The molecule has 0 aliphatic heterocycles. The zero-order valence-corrected chi connectivity index (χ0v) is 11.7. The number of nitrogens with one attached hydrogen (secondary N) is 2. The van der Waals surface area contributed by atoms with E-state index in [0.29, 0.717) is 29.5 Å². The van der Waals surface area contributed by atoms with E-state index < -0.39 is 10.0 Å². The highest BCUT2D eigenvalue weighted by atomic mass is 32.2. The lowest BCUT2D eigenvalue weighted by Gasteiger charge is -2.05. The van der Waals surface area contributed by atoms with Crippen LogP contribution < -0.4 is 4.72 Å². The third-order valence-corrected chi connectivity index (χ3v) is 4.26. The van der Waals surface area contributed by atoms with Crippen molar-refractivity contribution in [3.8, 4) is 0 Å². The first kappa shape index (κ1) is 13.7. The number of aromatic nitrogens is 4. The second-order valence-electron chi connectivity index (χ2n) is 4.14. The van der Waals surface area contributed by atoms with E-state index in [-0.39, 0.29) is 11.4 Å². The molecular weight excluding hydrogens is 270 g/mol. The van der Waals surface area contributed by atoms with Crippen LogP contribution in [0.25, 0.3) is 0 Å². The normalized spacial score (nSPS) is 11.9. The molecule has 0 aliphatic rings. The van der Waals surface area contributed by atoms with Gasteiger partial charge < -0.3 is 4.52 Å². The number of rotatable bonds is 5. The maximum absolute atomic E-state index is 12.1. The molecule has 0 radical (unpaired) electrons. The van der Waals surface area contributed by atoms with Crippen LogP contribution in [0.5, 0.6) is 0 Å². The number of aryl methyl sites for hydroxylation is 3. The molecule has 0 aliphatic carbocycles. The highest BCUT2D eigenvalue weighted by Gasteiger charge is 2.21. The number of hydrogen-bond acceptors (Lipinski definition) is 6. The Bertz CT molecular complexity index is 654. The van der Waals surface area contributed by atoms with Gasteiger partial charge in [0.15, 0.2) is 5.82 Å². The zero-order chi connectivity index (χ0) is 14.0. The van der Waals surface area contributed by atoms with Crippen molar-refractivity contribution < 1.29 is 12.9 Å². The Kier molecular flexibility index (Phi) is 3.67. The topological polar surface area (TPSA) is 114 Å². The molecule has 0 bridgehead atoms. The van der Waals surface area contributed by atoms with Gasteiger partial charge in [0, 0.05) is 19.9 Å². The molecule has 0 saturated heterocycles. The van der Waals surface area contributed by atoms with Crippen molar-refractivity contribution in [1.29, 1.82) is 0 Å². The Balaban J connectivity index is 2.03. The number of hydrogen-bond donors (Lipinski definition) is 2. The van der Waals surface area contributed by atoms with Crippen molar-refractivity contribution in [2.45, 2.75) is 32.1 Å². The summed E-state index contributed by atoms with van der Waals surface area (Å²) in [4.78, 5) is 4.19. The lowest BCUT2D eigenvalue weighted by atomic mass is 10.4. The molecule has 2 N–H and O–H groups in total. The van der Waals surface area contributed by atoms with Crippen molar-refractivity contribution in [3.63, 3.8) is 0 Å². The van der Waals surface area contributed by atoms with Crippen LogP contribution in [0.15, 0.2) is 9.42 Å². The summed E-state index contributed by atoms with van der Waals surface area (Å²) in [6.45, 7) is 5.18. The minimum Gasteiger partial charge on any atom is -0.340 e. The molecule has 2 heterocycles. The van der Waals surface area contributed by atoms with Gasteiger partial charge in [-0.05, 0) is 13.8 Å². The van der Waals surface area contributed by atoms with Crippen molar-refractivity contribution in [1.82, 2.24) is 25.1 Å². The molecule has 2 aromatic rings. The Morgan fingerprint density at radius 1 is 1.32 bits per heavy atom. The Morgan fingerprint density at radius 3 is 2.58 bits per heavy atom. The Labute approximate surface area is 110 Å². The van der Waals surface area contributed by atoms with Crippen LogP contribution in [-0.2, 0) is 16.4 Å². The molecule has 2 rings (SSSR count). The standard InChI is InChI=1S/C10H15N5O3S/c1-6-10(7(2)14-13-6)19(16,17)11-5-4-9-12-8(3)18-15-9/h11H,4-5H2,1-3H3,(H,13,14). The van der Waals surface area contributed by atoms with E-state index in [4.69, 9.17) is 4.52 Å².